The van der Waals surface area contributed by atoms with Crippen molar-refractivity contribution in [2.24, 2.45) is 0 Å². The average molecular weight is 649 g/mol. The van der Waals surface area contributed by atoms with Gasteiger partial charge in [0.05, 0.1) is 33.4 Å². The molecule has 0 unspecified atom stereocenters. The zero-order valence-corrected chi connectivity index (χ0v) is 29.4. The first-order valence-electron chi connectivity index (χ1n) is 15.6. The van der Waals surface area contributed by atoms with Crippen LogP contribution in [0.1, 0.15) is 79.4 Å². The molecule has 0 spiro atoms. The van der Waals surface area contributed by atoms with E-state index in [-0.39, 0.29) is 22.4 Å². The lowest BCUT2D eigenvalue weighted by molar-refractivity contribution is -0.0427. The Balaban J connectivity index is 1.51. The number of aromatic nitrogens is 2. The highest BCUT2D eigenvalue weighted by atomic mass is 31.2. The van der Waals surface area contributed by atoms with Gasteiger partial charge >= 0.3 is 0 Å². The van der Waals surface area contributed by atoms with E-state index in [1.54, 1.807) is 0 Å². The molecule has 0 atom stereocenters. The Morgan fingerprint density at radius 1 is 0.543 bits per heavy atom. The van der Waals surface area contributed by atoms with Gasteiger partial charge in [-0.1, -0.05) is 24.0 Å². The van der Waals surface area contributed by atoms with Crippen molar-refractivity contribution in [2.45, 2.75) is 90.6 Å². The summed E-state index contributed by atoms with van der Waals surface area (Å²) in [6.07, 6.45) is 5.22. The van der Waals surface area contributed by atoms with Crippen LogP contribution in [0.2, 0.25) is 0 Å². The molecule has 2 saturated heterocycles. The molecule has 46 heavy (non-hydrogen) atoms. The monoisotopic (exact) mass is 648 g/mol. The molecule has 0 bridgehead atoms. The van der Waals surface area contributed by atoms with Crippen LogP contribution < -0.4 is 0 Å². The summed E-state index contributed by atoms with van der Waals surface area (Å²) in [6, 6.07) is 16.7. The highest BCUT2D eigenvalue weighted by Gasteiger charge is 2.41. The van der Waals surface area contributed by atoms with Crippen molar-refractivity contribution in [3.63, 3.8) is 0 Å². The normalized spacial score (nSPS) is 20.7. The largest absolute Gasteiger partial charge is 0.318 e. The minimum atomic E-state index is -1.44. The third-order valence-corrected chi connectivity index (χ3v) is 11.4. The minimum Gasteiger partial charge on any atom is -0.318 e. The molecule has 2 fully saturated rings. The number of pyridine rings is 2. The maximum Gasteiger partial charge on any atom is 0.258 e. The van der Waals surface area contributed by atoms with Gasteiger partial charge in [0.25, 0.3) is 16.8 Å². The number of fused-ring (bicyclic) bond motifs is 4. The van der Waals surface area contributed by atoms with Crippen molar-refractivity contribution in [3.05, 3.63) is 72.1 Å². The highest BCUT2D eigenvalue weighted by Crippen LogP contribution is 2.54. The van der Waals surface area contributed by atoms with E-state index in [1.807, 2.05) is 24.5 Å². The lowest BCUT2D eigenvalue weighted by Gasteiger charge is -2.42. The molecule has 2 aliphatic rings. The molecule has 2 aliphatic heterocycles. The molecule has 0 aliphatic carbocycles. The molecule has 0 radical (unpaired) electrons. The summed E-state index contributed by atoms with van der Waals surface area (Å²) in [5, 5.41) is 5.99. The molecule has 5 aromatic rings. The standard InChI is InChI=1S/C38H38N2O4P2/c1-35(2)23-36(3,4)42-45(41-35)17-13-27-29-19-25-11-9-15-39-33(25)21-31(29)28(14-18-46-43-37(5,6)24-38(7,8)44-46)32-22-34-26(20-30(27)32)12-10-16-40-34/h9-12,15-16,19-22H,23-24H2,1-8H3. The Labute approximate surface area is 273 Å². The van der Waals surface area contributed by atoms with Gasteiger partial charge in [0.15, 0.2) is 0 Å². The van der Waals surface area contributed by atoms with Crippen LogP contribution in [0.4, 0.5) is 0 Å². The fraction of sp³-hybridized carbons (Fsp3) is 0.368. The second kappa shape index (κ2) is 11.2. The number of hydrogen-bond donors (Lipinski definition) is 0. The van der Waals surface area contributed by atoms with Gasteiger partial charge in [-0.3, -0.25) is 9.97 Å². The topological polar surface area (TPSA) is 62.7 Å². The number of hydrogen-bond acceptors (Lipinski definition) is 6. The SMILES string of the molecule is CC1(C)CC(C)(C)OP(C#Cc2c3cc4cccnc4cc3c(C#CP3OC(C)(C)CC(C)(C)O3)c3cc4ncccc4cc23)O1. The Morgan fingerprint density at radius 3 is 1.26 bits per heavy atom. The zero-order valence-electron chi connectivity index (χ0n) is 27.6. The summed E-state index contributed by atoms with van der Waals surface area (Å²) >= 11 is 0. The van der Waals surface area contributed by atoms with Crippen molar-refractivity contribution in [1.29, 1.82) is 0 Å². The quantitative estimate of drug-likeness (QED) is 0.0946. The molecular weight excluding hydrogens is 610 g/mol. The van der Waals surface area contributed by atoms with Crippen LogP contribution in [-0.4, -0.2) is 32.4 Å². The summed E-state index contributed by atoms with van der Waals surface area (Å²) in [5.41, 5.74) is 9.06. The van der Waals surface area contributed by atoms with Gasteiger partial charge in [-0.15, -0.1) is 0 Å². The Morgan fingerprint density at radius 2 is 0.891 bits per heavy atom. The van der Waals surface area contributed by atoms with E-state index in [0.717, 1.165) is 67.3 Å². The van der Waals surface area contributed by atoms with Crippen LogP contribution in [0.5, 0.6) is 0 Å². The van der Waals surface area contributed by atoms with E-state index in [4.69, 9.17) is 28.1 Å². The summed E-state index contributed by atoms with van der Waals surface area (Å²) in [7, 11) is -2.88. The van der Waals surface area contributed by atoms with E-state index in [0.29, 0.717) is 0 Å². The smallest absolute Gasteiger partial charge is 0.258 e. The summed E-state index contributed by atoms with van der Waals surface area (Å²) < 4.78 is 25.4. The van der Waals surface area contributed by atoms with Gasteiger partial charge in [0.1, 0.15) is 0 Å². The van der Waals surface area contributed by atoms with E-state index in [9.17, 15) is 0 Å². The molecule has 3 aromatic carbocycles. The first kappa shape index (κ1) is 31.4. The molecule has 7 rings (SSSR count). The lowest BCUT2D eigenvalue weighted by Crippen LogP contribution is -2.40. The van der Waals surface area contributed by atoms with Crippen LogP contribution >= 0.6 is 16.8 Å². The average Bonchev–Trinajstić information content (AvgIpc) is 2.94. The van der Waals surface area contributed by atoms with Crippen molar-refractivity contribution < 1.29 is 18.1 Å². The van der Waals surface area contributed by atoms with Crippen molar-refractivity contribution in [2.75, 3.05) is 0 Å². The molecule has 234 valence electrons. The van der Waals surface area contributed by atoms with Gasteiger partial charge in [-0.05, 0) is 114 Å². The van der Waals surface area contributed by atoms with Crippen LogP contribution in [0.25, 0.3) is 43.4 Å². The van der Waals surface area contributed by atoms with E-state index in [1.165, 1.54) is 0 Å². The minimum absolute atomic E-state index is 0.330. The Hall–Kier alpha value is -3.18. The van der Waals surface area contributed by atoms with Gasteiger partial charge in [-0.2, -0.15) is 0 Å². The summed E-state index contributed by atoms with van der Waals surface area (Å²) in [5.74, 6) is 7.09. The van der Waals surface area contributed by atoms with Crippen molar-refractivity contribution in [3.8, 4) is 23.2 Å². The number of nitrogens with zero attached hydrogens (tertiary/aromatic N) is 2. The molecule has 2 aromatic heterocycles. The zero-order chi connectivity index (χ0) is 32.5. The third kappa shape index (κ3) is 6.37. The van der Waals surface area contributed by atoms with Gasteiger partial charge in [0.2, 0.25) is 0 Å². The van der Waals surface area contributed by atoms with Crippen LogP contribution in [0.15, 0.2) is 60.9 Å². The fourth-order valence-corrected chi connectivity index (χ4v) is 9.75. The number of rotatable bonds is 0. The first-order chi connectivity index (χ1) is 21.7. The molecule has 0 saturated carbocycles. The van der Waals surface area contributed by atoms with Crippen LogP contribution in [-0.2, 0) is 18.1 Å². The molecule has 0 N–H and O–H groups in total. The Kier molecular flexibility index (Phi) is 7.66. The molecule has 4 heterocycles. The molecule has 8 heteroatoms. The van der Waals surface area contributed by atoms with Crippen molar-refractivity contribution >= 4 is 60.1 Å². The highest BCUT2D eigenvalue weighted by molar-refractivity contribution is 7.53. The predicted molar refractivity (Wildman–Crippen MR) is 190 cm³/mol. The Bertz CT molecular complexity index is 1890. The van der Waals surface area contributed by atoms with E-state index < -0.39 is 16.8 Å². The van der Waals surface area contributed by atoms with E-state index >= 15 is 0 Å². The number of benzene rings is 3. The molecule has 6 nitrogen and oxygen atoms in total. The predicted octanol–water partition coefficient (Wildman–Crippen LogP) is 10.3. The second-order valence-corrected chi connectivity index (χ2v) is 16.9. The van der Waals surface area contributed by atoms with Crippen LogP contribution in [0.3, 0.4) is 0 Å². The van der Waals surface area contributed by atoms with Gasteiger partial charge in [-0.25, -0.2) is 0 Å². The maximum atomic E-state index is 6.36. The molecular formula is C38H38N2O4P2. The third-order valence-electron chi connectivity index (χ3n) is 8.13. The molecule has 0 amide bonds. The maximum absolute atomic E-state index is 6.36. The second-order valence-electron chi connectivity index (χ2n) is 14.7. The first-order valence-corrected chi connectivity index (χ1v) is 17.9. The van der Waals surface area contributed by atoms with Crippen LogP contribution in [0, 0.1) is 23.2 Å². The van der Waals surface area contributed by atoms with Gasteiger partial charge < -0.3 is 18.1 Å². The summed E-state index contributed by atoms with van der Waals surface area (Å²) in [4.78, 5) is 9.39. The summed E-state index contributed by atoms with van der Waals surface area (Å²) in [6.45, 7) is 16.8. The lowest BCUT2D eigenvalue weighted by atomic mass is 9.90. The van der Waals surface area contributed by atoms with Crippen molar-refractivity contribution in [1.82, 2.24) is 9.97 Å². The van der Waals surface area contributed by atoms with Gasteiger partial charge in [0, 0.05) is 57.9 Å². The fourth-order valence-electron chi connectivity index (χ4n) is 7.04. The van der Waals surface area contributed by atoms with E-state index in [2.05, 4.69) is 115 Å².